The van der Waals surface area contributed by atoms with E-state index in [1.165, 1.54) is 12.1 Å². The van der Waals surface area contributed by atoms with Crippen molar-refractivity contribution in [2.24, 2.45) is 5.92 Å². The lowest BCUT2D eigenvalue weighted by atomic mass is 9.83. The molecule has 138 valence electrons. The van der Waals surface area contributed by atoms with E-state index in [2.05, 4.69) is 16.2 Å². The normalized spacial score (nSPS) is 22.0. The third kappa shape index (κ3) is 2.89. The number of hydrogen-bond donors (Lipinski definition) is 3. The highest BCUT2D eigenvalue weighted by molar-refractivity contribution is 6.03. The number of amides is 1. The molecule has 1 amide bonds. The molecule has 0 bridgehead atoms. The average molecular weight is 365 g/mol. The van der Waals surface area contributed by atoms with Crippen molar-refractivity contribution in [3.8, 4) is 0 Å². The zero-order chi connectivity index (χ0) is 18.5. The number of aryl methyl sites for hydroxylation is 1. The first-order chi connectivity index (χ1) is 12.3. The van der Waals surface area contributed by atoms with Crippen molar-refractivity contribution in [2.75, 3.05) is 11.9 Å². The molecule has 2 heterocycles. The first-order valence-electron chi connectivity index (χ1n) is 8.43. The summed E-state index contributed by atoms with van der Waals surface area (Å²) in [6, 6.07) is 4.65. The number of carbonyl (C=O) groups excluding carboxylic acids is 1. The zero-order valence-electron chi connectivity index (χ0n) is 14.0. The van der Waals surface area contributed by atoms with Crippen LogP contribution in [0.4, 0.5) is 18.9 Å². The Morgan fingerprint density at radius 2 is 2.15 bits per heavy atom. The van der Waals surface area contributed by atoms with Gasteiger partial charge >= 0.3 is 6.18 Å². The van der Waals surface area contributed by atoms with Gasteiger partial charge < -0.3 is 9.73 Å². The van der Waals surface area contributed by atoms with Crippen LogP contribution in [0.25, 0.3) is 0 Å². The van der Waals surface area contributed by atoms with Gasteiger partial charge in [-0.1, -0.05) is 6.07 Å². The fourth-order valence-electron chi connectivity index (χ4n) is 3.79. The van der Waals surface area contributed by atoms with Gasteiger partial charge in [0.25, 0.3) is 5.91 Å². The van der Waals surface area contributed by atoms with E-state index in [4.69, 9.17) is 4.42 Å². The molecule has 0 radical (unpaired) electrons. The van der Waals surface area contributed by atoms with E-state index in [9.17, 15) is 18.0 Å². The van der Waals surface area contributed by atoms with Crippen LogP contribution in [-0.2, 0) is 12.6 Å². The highest BCUT2D eigenvalue weighted by atomic mass is 19.4. The number of alkyl halides is 3. The number of nitrogens with one attached hydrogen (secondary N) is 3. The van der Waals surface area contributed by atoms with Gasteiger partial charge in [-0.25, -0.2) is 5.43 Å². The van der Waals surface area contributed by atoms with Gasteiger partial charge in [-0.2, -0.15) is 13.2 Å². The summed E-state index contributed by atoms with van der Waals surface area (Å²) in [7, 11) is 0. The molecule has 26 heavy (non-hydrogen) atoms. The zero-order valence-corrected chi connectivity index (χ0v) is 14.0. The molecule has 1 aliphatic carbocycles. The molecule has 0 saturated carbocycles. The van der Waals surface area contributed by atoms with Crippen LogP contribution >= 0.6 is 0 Å². The third-order valence-corrected chi connectivity index (χ3v) is 5.07. The molecule has 1 aromatic heterocycles. The van der Waals surface area contributed by atoms with Crippen LogP contribution in [0.5, 0.6) is 0 Å². The summed E-state index contributed by atoms with van der Waals surface area (Å²) in [5, 5.41) is 2.51. The van der Waals surface area contributed by atoms with Gasteiger partial charge in [0.05, 0.1) is 11.6 Å². The monoisotopic (exact) mass is 365 g/mol. The summed E-state index contributed by atoms with van der Waals surface area (Å²) in [5.74, 6) is 0.827. The minimum Gasteiger partial charge on any atom is -0.455 e. The predicted molar refractivity (Wildman–Crippen MR) is 88.5 cm³/mol. The molecule has 1 aliphatic heterocycles. The summed E-state index contributed by atoms with van der Waals surface area (Å²) in [6.07, 6.45) is -2.76. The molecule has 4 rings (SSSR count). The third-order valence-electron chi connectivity index (χ3n) is 5.07. The van der Waals surface area contributed by atoms with Gasteiger partial charge in [-0.15, -0.1) is 0 Å². The molecule has 2 atom stereocenters. The largest absolute Gasteiger partial charge is 0.455 e. The quantitative estimate of drug-likeness (QED) is 0.761. The fourth-order valence-corrected chi connectivity index (χ4v) is 3.79. The van der Waals surface area contributed by atoms with Crippen molar-refractivity contribution in [2.45, 2.75) is 32.0 Å². The number of hydrazine groups is 1. The molecule has 0 spiro atoms. The van der Waals surface area contributed by atoms with Gasteiger partial charge in [0.1, 0.15) is 5.76 Å². The number of furan rings is 1. The smallest absolute Gasteiger partial charge is 0.416 e. The second-order valence-electron chi connectivity index (χ2n) is 6.73. The minimum atomic E-state index is -4.46. The summed E-state index contributed by atoms with van der Waals surface area (Å²) in [6.45, 7) is 2.67. The van der Waals surface area contributed by atoms with Crippen LogP contribution < -0.4 is 16.2 Å². The summed E-state index contributed by atoms with van der Waals surface area (Å²) >= 11 is 0. The highest BCUT2D eigenvalue weighted by Gasteiger charge is 2.38. The number of benzene rings is 1. The molecule has 1 fully saturated rings. The number of rotatable bonds is 2. The van der Waals surface area contributed by atoms with Crippen molar-refractivity contribution in [1.29, 1.82) is 0 Å². The van der Waals surface area contributed by atoms with Crippen molar-refractivity contribution in [1.82, 2.24) is 10.9 Å². The second-order valence-corrected chi connectivity index (χ2v) is 6.73. The molecule has 2 unspecified atom stereocenters. The number of fused-ring (bicyclic) bond motifs is 3. The second kappa shape index (κ2) is 6.14. The highest BCUT2D eigenvalue weighted by Crippen LogP contribution is 2.40. The average Bonchev–Trinajstić information content (AvgIpc) is 3.18. The van der Waals surface area contributed by atoms with Crippen molar-refractivity contribution in [3.05, 3.63) is 52.5 Å². The molecule has 3 N–H and O–H groups in total. The van der Waals surface area contributed by atoms with Crippen LogP contribution in [0.15, 0.2) is 28.7 Å². The van der Waals surface area contributed by atoms with E-state index < -0.39 is 17.6 Å². The molecule has 5 nitrogen and oxygen atoms in total. The maximum absolute atomic E-state index is 12.8. The Balaban J connectivity index is 1.60. The molecular weight excluding hydrogens is 347 g/mol. The van der Waals surface area contributed by atoms with E-state index in [1.807, 2.05) is 6.92 Å². The van der Waals surface area contributed by atoms with Crippen molar-refractivity contribution in [3.63, 3.8) is 0 Å². The number of halogens is 3. The first kappa shape index (κ1) is 17.1. The van der Waals surface area contributed by atoms with Crippen molar-refractivity contribution >= 4 is 11.6 Å². The van der Waals surface area contributed by atoms with Gasteiger partial charge in [-0.3, -0.25) is 10.2 Å². The lowest BCUT2D eigenvalue weighted by molar-refractivity contribution is -0.137. The Morgan fingerprint density at radius 3 is 2.92 bits per heavy atom. The summed E-state index contributed by atoms with van der Waals surface area (Å²) in [5.41, 5.74) is 7.34. The van der Waals surface area contributed by atoms with Crippen LogP contribution in [0.3, 0.4) is 0 Å². The Hall–Kier alpha value is -2.32. The van der Waals surface area contributed by atoms with Crippen LogP contribution in [-0.4, -0.2) is 12.5 Å². The molecule has 1 saturated heterocycles. The molecule has 2 aromatic rings. The number of hydrogen-bond acceptors (Lipinski definition) is 4. The lowest BCUT2D eigenvalue weighted by Crippen LogP contribution is -2.27. The van der Waals surface area contributed by atoms with E-state index in [0.717, 1.165) is 48.4 Å². The maximum Gasteiger partial charge on any atom is 0.416 e. The Morgan fingerprint density at radius 1 is 1.35 bits per heavy atom. The van der Waals surface area contributed by atoms with E-state index in [-0.39, 0.29) is 17.5 Å². The molecule has 8 heteroatoms. The topological polar surface area (TPSA) is 66.3 Å². The molecule has 1 aromatic carbocycles. The Labute approximate surface area is 147 Å². The molecular formula is C18H18F3N3O2. The van der Waals surface area contributed by atoms with E-state index in [1.54, 1.807) is 0 Å². The first-order valence-corrected chi connectivity index (χ1v) is 8.43. The maximum atomic E-state index is 12.8. The van der Waals surface area contributed by atoms with Gasteiger partial charge in [0, 0.05) is 29.8 Å². The van der Waals surface area contributed by atoms with Crippen LogP contribution in [0, 0.1) is 12.8 Å². The molecule has 2 aliphatic rings. The minimum absolute atomic E-state index is 0.0807. The van der Waals surface area contributed by atoms with Gasteiger partial charge in [0.2, 0.25) is 0 Å². The van der Waals surface area contributed by atoms with Crippen molar-refractivity contribution < 1.29 is 22.4 Å². The SMILES string of the molecule is Cc1c(C(=O)Nc2cccc(C(F)(F)F)c2)oc2c1C1NNCC1CC2. The van der Waals surface area contributed by atoms with Crippen LogP contribution in [0.1, 0.15) is 45.5 Å². The van der Waals surface area contributed by atoms with Crippen LogP contribution in [0.2, 0.25) is 0 Å². The Kier molecular flexibility index (Phi) is 4.04. The van der Waals surface area contributed by atoms with Gasteiger partial charge in [-0.05, 0) is 37.5 Å². The summed E-state index contributed by atoms with van der Waals surface area (Å²) in [4.78, 5) is 12.6. The fraction of sp³-hybridized carbons (Fsp3) is 0.389. The van der Waals surface area contributed by atoms with E-state index in [0.29, 0.717) is 5.92 Å². The lowest BCUT2D eigenvalue weighted by Gasteiger charge is -2.23. The summed E-state index contributed by atoms with van der Waals surface area (Å²) < 4.78 is 44.3. The number of carbonyl (C=O) groups is 1. The van der Waals surface area contributed by atoms with E-state index >= 15 is 0 Å². The standard InChI is InChI=1S/C18H18F3N3O2/c1-9-14-13(6-5-10-8-22-24-15(10)14)26-16(9)17(25)23-12-4-2-3-11(7-12)18(19,20)21/h2-4,7,10,15,22,24H,5-6,8H2,1H3,(H,23,25). The Bertz CT molecular complexity index is 860. The predicted octanol–water partition coefficient (Wildman–Crippen LogP) is 3.57. The van der Waals surface area contributed by atoms with Gasteiger partial charge in [0.15, 0.2) is 5.76 Å². The number of anilines is 1.